The maximum atomic E-state index is 12.3. The topological polar surface area (TPSA) is 116 Å². The molecule has 164 valence electrons. The minimum absolute atomic E-state index is 0.0634. The van der Waals surface area contributed by atoms with Crippen molar-refractivity contribution in [3.8, 4) is 0 Å². The number of hydrogen-bond acceptors (Lipinski definition) is 4. The summed E-state index contributed by atoms with van der Waals surface area (Å²) >= 11 is 12.7. The number of nitrogens with one attached hydrogen (secondary N) is 2. The lowest BCUT2D eigenvalue weighted by molar-refractivity contribution is 0.372. The first kappa shape index (κ1) is 23.5. The van der Waals surface area contributed by atoms with E-state index in [0.29, 0.717) is 22.3 Å². The Morgan fingerprint density at radius 1 is 1.23 bits per heavy atom. The maximum absolute atomic E-state index is 12.3. The van der Waals surface area contributed by atoms with Gasteiger partial charge >= 0.3 is 7.60 Å². The summed E-state index contributed by atoms with van der Waals surface area (Å²) in [5.41, 5.74) is 3.25. The van der Waals surface area contributed by atoms with Crippen molar-refractivity contribution in [1.82, 2.24) is 5.32 Å². The third-order valence-corrected chi connectivity index (χ3v) is 7.79. The second-order valence-electron chi connectivity index (χ2n) is 7.36. The van der Waals surface area contributed by atoms with Crippen molar-refractivity contribution >= 4 is 46.5 Å². The van der Waals surface area contributed by atoms with Crippen molar-refractivity contribution in [2.45, 2.75) is 25.3 Å². The van der Waals surface area contributed by atoms with Gasteiger partial charge in [-0.25, -0.2) is 8.42 Å². The first-order valence-electron chi connectivity index (χ1n) is 9.32. The van der Waals surface area contributed by atoms with E-state index in [1.165, 1.54) is 0 Å². The van der Waals surface area contributed by atoms with Gasteiger partial charge in [-0.15, -0.1) is 0 Å². The minimum Gasteiger partial charge on any atom is -0.324 e. The smallest absolute Gasteiger partial charge is 0.324 e. The standard InChI is InChI=1S/C19H23Cl2N2O5PS/c1-12-19-16(9-14(20)10-18(19)21)17(11-22-12)13-4-2-5-15(8-13)23-30(27,28)7-3-6-29(24,25)26/h2,4-5,8-10,12,17,22-23H,3,6-7,11H2,1H3,(H2,24,25,26). The summed E-state index contributed by atoms with van der Waals surface area (Å²) in [6.07, 6.45) is -0.605. The van der Waals surface area contributed by atoms with Gasteiger partial charge in [0.2, 0.25) is 10.0 Å². The monoisotopic (exact) mass is 492 g/mol. The second kappa shape index (κ2) is 9.17. The van der Waals surface area contributed by atoms with Gasteiger partial charge < -0.3 is 15.1 Å². The Labute approximate surface area is 186 Å². The molecule has 1 heterocycles. The summed E-state index contributed by atoms with van der Waals surface area (Å²) in [6, 6.07) is 10.7. The summed E-state index contributed by atoms with van der Waals surface area (Å²) in [5, 5.41) is 4.55. The average Bonchev–Trinajstić information content (AvgIpc) is 2.59. The number of fused-ring (bicyclic) bond motifs is 1. The zero-order chi connectivity index (χ0) is 22.1. The van der Waals surface area contributed by atoms with E-state index in [2.05, 4.69) is 10.0 Å². The Morgan fingerprint density at radius 3 is 2.67 bits per heavy atom. The van der Waals surface area contributed by atoms with Crippen LogP contribution in [0, 0.1) is 0 Å². The Balaban J connectivity index is 1.83. The van der Waals surface area contributed by atoms with E-state index in [1.54, 1.807) is 24.3 Å². The number of hydrogen-bond donors (Lipinski definition) is 4. The van der Waals surface area contributed by atoms with E-state index in [1.807, 2.05) is 19.1 Å². The quantitative estimate of drug-likeness (QED) is 0.432. The van der Waals surface area contributed by atoms with Gasteiger partial charge in [-0.1, -0.05) is 35.3 Å². The molecule has 0 aliphatic carbocycles. The zero-order valence-corrected chi connectivity index (χ0v) is 19.4. The molecule has 2 unspecified atom stereocenters. The fourth-order valence-corrected chi connectivity index (χ4v) is 6.23. The van der Waals surface area contributed by atoms with E-state index in [0.717, 1.165) is 16.7 Å². The molecule has 0 saturated heterocycles. The number of rotatable bonds is 7. The van der Waals surface area contributed by atoms with Crippen LogP contribution in [0.15, 0.2) is 36.4 Å². The van der Waals surface area contributed by atoms with Crippen LogP contribution in [0.2, 0.25) is 10.0 Å². The lowest BCUT2D eigenvalue weighted by Gasteiger charge is -2.32. The summed E-state index contributed by atoms with van der Waals surface area (Å²) in [4.78, 5) is 17.8. The largest absolute Gasteiger partial charge is 0.325 e. The molecule has 4 N–H and O–H groups in total. The van der Waals surface area contributed by atoms with Crippen LogP contribution in [-0.2, 0) is 14.6 Å². The highest BCUT2D eigenvalue weighted by molar-refractivity contribution is 7.92. The van der Waals surface area contributed by atoms with E-state index in [-0.39, 0.29) is 24.1 Å². The van der Waals surface area contributed by atoms with Gasteiger partial charge in [0.15, 0.2) is 0 Å². The van der Waals surface area contributed by atoms with E-state index >= 15 is 0 Å². The van der Waals surface area contributed by atoms with Gasteiger partial charge in [0.25, 0.3) is 0 Å². The molecule has 0 fully saturated rings. The molecule has 0 amide bonds. The molecule has 3 rings (SSSR count). The van der Waals surface area contributed by atoms with Crippen LogP contribution < -0.4 is 10.0 Å². The Kier molecular flexibility index (Phi) is 7.19. The molecule has 1 aliphatic rings. The number of sulfonamides is 1. The van der Waals surface area contributed by atoms with Crippen LogP contribution in [0.1, 0.15) is 42.0 Å². The molecule has 0 aromatic heterocycles. The summed E-state index contributed by atoms with van der Waals surface area (Å²) < 4.78 is 38.0. The van der Waals surface area contributed by atoms with Gasteiger partial charge in [0, 0.05) is 34.2 Å². The lowest BCUT2D eigenvalue weighted by atomic mass is 9.83. The highest BCUT2D eigenvalue weighted by Crippen LogP contribution is 2.40. The molecule has 2 aromatic rings. The molecule has 2 atom stereocenters. The third kappa shape index (κ3) is 5.98. The van der Waals surface area contributed by atoms with E-state index < -0.39 is 23.8 Å². The predicted octanol–water partition coefficient (Wildman–Crippen LogP) is 4.10. The fraction of sp³-hybridized carbons (Fsp3) is 0.368. The SMILES string of the molecule is CC1NCC(c2cccc(NS(=O)(=O)CCCP(=O)(O)O)c2)c2cc(Cl)cc(Cl)c21. The molecule has 0 spiro atoms. The molecule has 1 aliphatic heterocycles. The highest BCUT2D eigenvalue weighted by atomic mass is 35.5. The fourth-order valence-electron chi connectivity index (χ4n) is 3.66. The highest BCUT2D eigenvalue weighted by Gasteiger charge is 2.28. The molecule has 0 bridgehead atoms. The third-order valence-electron chi connectivity index (χ3n) is 4.99. The van der Waals surface area contributed by atoms with Crippen molar-refractivity contribution in [3.05, 3.63) is 63.1 Å². The molecular weight excluding hydrogens is 470 g/mol. The Morgan fingerprint density at radius 2 is 1.97 bits per heavy atom. The molecular formula is C19H23Cl2N2O5PS. The average molecular weight is 493 g/mol. The van der Waals surface area contributed by atoms with Crippen molar-refractivity contribution < 1.29 is 22.8 Å². The Hall–Kier alpha value is -1.12. The van der Waals surface area contributed by atoms with Crippen molar-refractivity contribution in [1.29, 1.82) is 0 Å². The molecule has 2 aromatic carbocycles. The van der Waals surface area contributed by atoms with Crippen molar-refractivity contribution in [2.75, 3.05) is 23.2 Å². The van der Waals surface area contributed by atoms with Gasteiger partial charge in [0.1, 0.15) is 0 Å². The van der Waals surface area contributed by atoms with Crippen LogP contribution >= 0.6 is 30.8 Å². The number of benzene rings is 2. The molecule has 30 heavy (non-hydrogen) atoms. The molecule has 7 nitrogen and oxygen atoms in total. The van der Waals surface area contributed by atoms with Gasteiger partial charge in [-0.3, -0.25) is 9.29 Å². The summed E-state index contributed by atoms with van der Waals surface area (Å²) in [7, 11) is -7.96. The first-order chi connectivity index (χ1) is 14.0. The van der Waals surface area contributed by atoms with E-state index in [9.17, 15) is 13.0 Å². The molecule has 0 radical (unpaired) electrons. The normalized spacial score (nSPS) is 19.4. The van der Waals surface area contributed by atoms with Crippen LogP contribution in [-0.4, -0.2) is 36.7 Å². The van der Waals surface area contributed by atoms with Gasteiger partial charge in [0.05, 0.1) is 11.9 Å². The first-order valence-corrected chi connectivity index (χ1v) is 13.5. The van der Waals surface area contributed by atoms with Crippen molar-refractivity contribution in [3.63, 3.8) is 0 Å². The van der Waals surface area contributed by atoms with E-state index in [4.69, 9.17) is 33.0 Å². The van der Waals surface area contributed by atoms with Crippen molar-refractivity contribution in [2.24, 2.45) is 0 Å². The van der Waals surface area contributed by atoms with Crippen LogP contribution in [0.3, 0.4) is 0 Å². The lowest BCUT2D eigenvalue weighted by Crippen LogP contribution is -2.32. The predicted molar refractivity (Wildman–Crippen MR) is 120 cm³/mol. The minimum atomic E-state index is -4.23. The Bertz CT molecular complexity index is 1090. The van der Waals surface area contributed by atoms with Crippen LogP contribution in [0.5, 0.6) is 0 Å². The molecule has 0 saturated carbocycles. The zero-order valence-electron chi connectivity index (χ0n) is 16.2. The summed E-state index contributed by atoms with van der Waals surface area (Å²) in [6.45, 7) is 2.67. The molecule has 11 heteroatoms. The van der Waals surface area contributed by atoms with Gasteiger partial charge in [-0.05, 0) is 54.3 Å². The van der Waals surface area contributed by atoms with Crippen LogP contribution in [0.25, 0.3) is 0 Å². The number of anilines is 1. The summed E-state index contributed by atoms with van der Waals surface area (Å²) in [5.74, 6) is -0.440. The second-order valence-corrected chi connectivity index (χ2v) is 11.8. The maximum Gasteiger partial charge on any atom is 0.325 e. The van der Waals surface area contributed by atoms with Gasteiger partial charge in [-0.2, -0.15) is 0 Å². The van der Waals surface area contributed by atoms with Crippen LogP contribution in [0.4, 0.5) is 5.69 Å². The number of halogens is 2.